The van der Waals surface area contributed by atoms with Gasteiger partial charge in [-0.2, -0.15) is 13.1 Å². The Morgan fingerprint density at radius 1 is 1.33 bits per heavy atom. The Morgan fingerprint density at radius 3 is 2.44 bits per heavy atom. The molecule has 0 spiro atoms. The zero-order valence-electron chi connectivity index (χ0n) is 11.3. The number of anilines is 1. The van der Waals surface area contributed by atoms with Gasteiger partial charge in [0, 0.05) is 19.1 Å². The van der Waals surface area contributed by atoms with Crippen LogP contribution >= 0.6 is 0 Å². The molecule has 3 N–H and O–H groups in total. The molecule has 0 bridgehead atoms. The van der Waals surface area contributed by atoms with E-state index in [1.807, 2.05) is 6.07 Å². The monoisotopic (exact) mass is 271 g/mol. The fourth-order valence-electron chi connectivity index (χ4n) is 1.47. The Balaban J connectivity index is 3.02. The van der Waals surface area contributed by atoms with E-state index in [0.717, 1.165) is 5.56 Å². The lowest BCUT2D eigenvalue weighted by Gasteiger charge is -2.26. The van der Waals surface area contributed by atoms with E-state index in [-0.39, 0.29) is 0 Å². The summed E-state index contributed by atoms with van der Waals surface area (Å²) in [7, 11) is -2.04. The van der Waals surface area contributed by atoms with E-state index >= 15 is 0 Å². The van der Waals surface area contributed by atoms with Gasteiger partial charge in [-0.3, -0.25) is 4.31 Å². The summed E-state index contributed by atoms with van der Waals surface area (Å²) in [6.07, 6.45) is 0. The van der Waals surface area contributed by atoms with Gasteiger partial charge in [-0.1, -0.05) is 12.1 Å². The molecule has 0 aliphatic rings. The van der Waals surface area contributed by atoms with Gasteiger partial charge in [-0.25, -0.2) is 0 Å². The lowest BCUT2D eigenvalue weighted by molar-refractivity contribution is 0.490. The van der Waals surface area contributed by atoms with Crippen LogP contribution in [0.4, 0.5) is 5.69 Å². The van der Waals surface area contributed by atoms with Gasteiger partial charge in [0.05, 0.1) is 5.69 Å². The fourth-order valence-corrected chi connectivity index (χ4v) is 2.78. The normalized spacial score (nSPS) is 12.5. The maximum Gasteiger partial charge on any atom is 0.301 e. The molecule has 0 fully saturated rings. The van der Waals surface area contributed by atoms with Gasteiger partial charge in [0.15, 0.2) is 0 Å². The molecule has 0 amide bonds. The Morgan fingerprint density at radius 2 is 1.94 bits per heavy atom. The van der Waals surface area contributed by atoms with Gasteiger partial charge in [-0.15, -0.1) is 0 Å². The van der Waals surface area contributed by atoms with Crippen molar-refractivity contribution < 1.29 is 8.42 Å². The predicted molar refractivity (Wildman–Crippen MR) is 74.5 cm³/mol. The SMILES string of the molecule is CN(c1cccc(CN)c1)S(=O)(=O)NC(C)(C)C. The largest absolute Gasteiger partial charge is 0.326 e. The zero-order chi connectivity index (χ0) is 14.0. The number of hydrogen-bond donors (Lipinski definition) is 2. The highest BCUT2D eigenvalue weighted by Gasteiger charge is 2.24. The second kappa shape index (κ2) is 5.26. The smallest absolute Gasteiger partial charge is 0.301 e. The maximum atomic E-state index is 12.1. The Bertz CT molecular complexity index is 506. The summed E-state index contributed by atoms with van der Waals surface area (Å²) >= 11 is 0. The Hall–Kier alpha value is -1.11. The fraction of sp³-hybridized carbons (Fsp3) is 0.500. The third kappa shape index (κ3) is 3.97. The third-order valence-corrected chi connectivity index (χ3v) is 4.11. The number of nitrogens with two attached hydrogens (primary N) is 1. The van der Waals surface area contributed by atoms with Crippen molar-refractivity contribution in [3.8, 4) is 0 Å². The molecule has 0 unspecified atom stereocenters. The van der Waals surface area contributed by atoms with E-state index in [9.17, 15) is 8.42 Å². The maximum absolute atomic E-state index is 12.1. The topological polar surface area (TPSA) is 75.4 Å². The van der Waals surface area contributed by atoms with Crippen LogP contribution in [0.1, 0.15) is 26.3 Å². The first kappa shape index (κ1) is 14.9. The van der Waals surface area contributed by atoms with Gasteiger partial charge >= 0.3 is 10.2 Å². The van der Waals surface area contributed by atoms with Crippen LogP contribution in [-0.2, 0) is 16.8 Å². The van der Waals surface area contributed by atoms with Crippen LogP contribution in [0.5, 0.6) is 0 Å². The highest BCUT2D eigenvalue weighted by atomic mass is 32.2. The molecule has 1 rings (SSSR count). The van der Waals surface area contributed by atoms with Crippen molar-refractivity contribution in [1.82, 2.24) is 4.72 Å². The molecule has 1 aromatic carbocycles. The quantitative estimate of drug-likeness (QED) is 0.864. The molecule has 0 heterocycles. The standard InChI is InChI=1S/C12H21N3O2S/c1-12(2,3)14-18(16,17)15(4)11-7-5-6-10(8-11)9-13/h5-8,14H,9,13H2,1-4H3. The minimum atomic E-state index is -3.55. The molecule has 1 aromatic rings. The third-order valence-electron chi connectivity index (χ3n) is 2.31. The molecular formula is C12H21N3O2S. The molecule has 0 aliphatic carbocycles. The lowest BCUT2D eigenvalue weighted by Crippen LogP contribution is -2.47. The van der Waals surface area contributed by atoms with E-state index < -0.39 is 15.7 Å². The average Bonchev–Trinajstić information content (AvgIpc) is 2.25. The summed E-state index contributed by atoms with van der Waals surface area (Å²) < 4.78 is 28.1. The molecule has 0 aliphatic heterocycles. The summed E-state index contributed by atoms with van der Waals surface area (Å²) in [4.78, 5) is 0. The second-order valence-electron chi connectivity index (χ2n) is 5.20. The molecule has 102 valence electrons. The Labute approximate surface area is 109 Å². The second-order valence-corrected chi connectivity index (χ2v) is 6.90. The van der Waals surface area contributed by atoms with Gasteiger partial charge in [0.2, 0.25) is 0 Å². The average molecular weight is 271 g/mol. The number of nitrogens with one attached hydrogen (secondary N) is 1. The number of rotatable bonds is 4. The first-order valence-electron chi connectivity index (χ1n) is 5.72. The molecule has 18 heavy (non-hydrogen) atoms. The van der Waals surface area contributed by atoms with Crippen LogP contribution in [0.25, 0.3) is 0 Å². The lowest BCUT2D eigenvalue weighted by atomic mass is 10.1. The van der Waals surface area contributed by atoms with Crippen molar-refractivity contribution >= 4 is 15.9 Å². The van der Waals surface area contributed by atoms with Crippen LogP contribution in [-0.4, -0.2) is 21.0 Å². The summed E-state index contributed by atoms with van der Waals surface area (Å²) in [6, 6.07) is 7.16. The van der Waals surface area contributed by atoms with Crippen LogP contribution in [0.15, 0.2) is 24.3 Å². The molecule has 0 atom stereocenters. The minimum Gasteiger partial charge on any atom is -0.326 e. The highest BCUT2D eigenvalue weighted by molar-refractivity contribution is 7.90. The molecule has 0 radical (unpaired) electrons. The van der Waals surface area contributed by atoms with Crippen molar-refractivity contribution in [2.75, 3.05) is 11.4 Å². The molecular weight excluding hydrogens is 250 g/mol. The van der Waals surface area contributed by atoms with Crippen LogP contribution < -0.4 is 14.8 Å². The molecule has 6 heteroatoms. The van der Waals surface area contributed by atoms with Crippen molar-refractivity contribution in [3.63, 3.8) is 0 Å². The molecule has 0 saturated heterocycles. The van der Waals surface area contributed by atoms with Crippen molar-refractivity contribution in [1.29, 1.82) is 0 Å². The molecule has 0 aromatic heterocycles. The predicted octanol–water partition coefficient (Wildman–Crippen LogP) is 1.21. The number of benzene rings is 1. The first-order valence-corrected chi connectivity index (χ1v) is 7.16. The van der Waals surface area contributed by atoms with E-state index in [1.54, 1.807) is 39.0 Å². The van der Waals surface area contributed by atoms with Crippen LogP contribution in [0.3, 0.4) is 0 Å². The summed E-state index contributed by atoms with van der Waals surface area (Å²) in [5.74, 6) is 0. The van der Waals surface area contributed by atoms with Gasteiger partial charge < -0.3 is 5.73 Å². The van der Waals surface area contributed by atoms with Gasteiger partial charge in [0.25, 0.3) is 0 Å². The van der Waals surface area contributed by atoms with E-state index in [0.29, 0.717) is 12.2 Å². The highest BCUT2D eigenvalue weighted by Crippen LogP contribution is 2.18. The summed E-state index contributed by atoms with van der Waals surface area (Å²) in [5.41, 5.74) is 6.52. The van der Waals surface area contributed by atoms with Crippen molar-refractivity contribution in [2.24, 2.45) is 5.73 Å². The van der Waals surface area contributed by atoms with Crippen molar-refractivity contribution in [3.05, 3.63) is 29.8 Å². The van der Waals surface area contributed by atoms with Crippen molar-refractivity contribution in [2.45, 2.75) is 32.9 Å². The van der Waals surface area contributed by atoms with E-state index in [1.165, 1.54) is 11.4 Å². The first-order chi connectivity index (χ1) is 8.15. The van der Waals surface area contributed by atoms with Gasteiger partial charge in [-0.05, 0) is 38.5 Å². The van der Waals surface area contributed by atoms with Crippen LogP contribution in [0.2, 0.25) is 0 Å². The Kier molecular flexibility index (Phi) is 4.37. The summed E-state index contributed by atoms with van der Waals surface area (Å²) in [6.45, 7) is 5.78. The molecule has 5 nitrogen and oxygen atoms in total. The summed E-state index contributed by atoms with van der Waals surface area (Å²) in [5, 5.41) is 0. The zero-order valence-corrected chi connectivity index (χ0v) is 12.1. The van der Waals surface area contributed by atoms with E-state index in [2.05, 4.69) is 4.72 Å². The minimum absolute atomic E-state index is 0.383. The molecule has 0 saturated carbocycles. The van der Waals surface area contributed by atoms with E-state index in [4.69, 9.17) is 5.73 Å². The number of hydrogen-bond acceptors (Lipinski definition) is 3. The number of nitrogens with zero attached hydrogens (tertiary/aromatic N) is 1. The van der Waals surface area contributed by atoms with Crippen LogP contribution in [0, 0.1) is 0 Å². The van der Waals surface area contributed by atoms with Gasteiger partial charge in [0.1, 0.15) is 0 Å².